The average molecular weight is 769 g/mol. The van der Waals surface area contributed by atoms with Gasteiger partial charge in [-0.2, -0.15) is 0 Å². The summed E-state index contributed by atoms with van der Waals surface area (Å²) in [6.45, 7) is 21.0. The third-order valence-corrected chi connectivity index (χ3v) is 13.3. The van der Waals surface area contributed by atoms with Crippen LogP contribution in [-0.2, 0) is 21.7 Å². The van der Waals surface area contributed by atoms with Crippen LogP contribution in [0.2, 0.25) is 0 Å². The first-order valence-corrected chi connectivity index (χ1v) is 21.2. The highest BCUT2D eigenvalue weighted by atomic mass is 15.2. The Kier molecular flexibility index (Phi) is 9.12. The zero-order chi connectivity index (χ0) is 41.3. The first-order valence-electron chi connectivity index (χ1n) is 21.2. The maximum Gasteiger partial charge on any atom is 0.0506 e. The Morgan fingerprint density at radius 2 is 1.07 bits per heavy atom. The summed E-state index contributed by atoms with van der Waals surface area (Å²) >= 11 is 0. The van der Waals surface area contributed by atoms with E-state index in [1.165, 1.54) is 78.3 Å². The molecule has 2 aliphatic rings. The minimum Gasteiger partial charge on any atom is -0.355 e. The fraction of sp³-hybridized carbons (Fsp3) is 0.228. The molecule has 9 rings (SSSR count). The lowest BCUT2D eigenvalue weighted by Crippen LogP contribution is -2.31. The Bertz CT molecular complexity index is 2720. The van der Waals surface area contributed by atoms with Crippen molar-refractivity contribution < 1.29 is 0 Å². The second-order valence-corrected chi connectivity index (χ2v) is 19.2. The molecule has 1 N–H and O–H groups in total. The number of nitrogens with zero attached hydrogens (tertiary/aromatic N) is 1. The zero-order valence-corrected chi connectivity index (χ0v) is 36.1. The normalized spacial score (nSPS) is 15.0. The molecule has 0 saturated heterocycles. The van der Waals surface area contributed by atoms with Gasteiger partial charge in [-0.05, 0) is 121 Å². The van der Waals surface area contributed by atoms with Crippen molar-refractivity contribution in [2.75, 3.05) is 10.2 Å². The molecule has 0 radical (unpaired) electrons. The molecule has 294 valence electrons. The van der Waals surface area contributed by atoms with Crippen LogP contribution < -0.4 is 10.2 Å². The Hall–Kier alpha value is -6.12. The van der Waals surface area contributed by atoms with Crippen molar-refractivity contribution in [3.63, 3.8) is 0 Å². The molecular weight excluding hydrogens is 713 g/mol. The summed E-state index contributed by atoms with van der Waals surface area (Å²) in [6.07, 6.45) is 4.56. The van der Waals surface area contributed by atoms with Gasteiger partial charge in [0.2, 0.25) is 0 Å². The molecule has 0 amide bonds. The van der Waals surface area contributed by atoms with Gasteiger partial charge in [-0.15, -0.1) is 0 Å². The fourth-order valence-electron chi connectivity index (χ4n) is 9.61. The number of hydrogen-bond acceptors (Lipinski definition) is 2. The SMILES string of the molecule is CC(C)(C)c1ccc(Nc2ccc(/C=C/c3ccc4c(c3)C(C)(C)c3cc5c(cc3-4)C(C)(C)c3ccccc3N5c3ccccc3)cc2C(C)(C)c2ccccc2)cc1. The second kappa shape index (κ2) is 14.0. The van der Waals surface area contributed by atoms with Gasteiger partial charge in [0.15, 0.2) is 0 Å². The molecule has 7 aromatic carbocycles. The van der Waals surface area contributed by atoms with Crippen molar-refractivity contribution in [1.29, 1.82) is 0 Å². The van der Waals surface area contributed by atoms with Crippen LogP contribution in [0.5, 0.6) is 0 Å². The molecule has 7 aromatic rings. The van der Waals surface area contributed by atoms with Gasteiger partial charge in [-0.1, -0.05) is 178 Å². The summed E-state index contributed by atoms with van der Waals surface area (Å²) in [5, 5.41) is 3.79. The smallest absolute Gasteiger partial charge is 0.0506 e. The monoisotopic (exact) mass is 768 g/mol. The first kappa shape index (κ1) is 38.4. The van der Waals surface area contributed by atoms with E-state index < -0.39 is 0 Å². The number of hydrogen-bond donors (Lipinski definition) is 1. The van der Waals surface area contributed by atoms with Gasteiger partial charge in [0, 0.05) is 33.3 Å². The van der Waals surface area contributed by atoms with Crippen molar-refractivity contribution in [1.82, 2.24) is 0 Å². The molecule has 0 atom stereocenters. The summed E-state index contributed by atoms with van der Waals surface area (Å²) in [6, 6.07) is 58.4. The molecule has 2 heteroatoms. The van der Waals surface area contributed by atoms with E-state index in [9.17, 15) is 0 Å². The minimum absolute atomic E-state index is 0.111. The van der Waals surface area contributed by atoms with E-state index in [0.29, 0.717) is 0 Å². The molecule has 0 unspecified atom stereocenters. The van der Waals surface area contributed by atoms with E-state index >= 15 is 0 Å². The van der Waals surface area contributed by atoms with Crippen LogP contribution in [0.15, 0.2) is 158 Å². The highest BCUT2D eigenvalue weighted by Gasteiger charge is 2.42. The molecule has 0 bridgehead atoms. The van der Waals surface area contributed by atoms with Crippen LogP contribution in [0.1, 0.15) is 112 Å². The molecule has 0 fully saturated rings. The highest BCUT2D eigenvalue weighted by Crippen LogP contribution is 2.57. The number of para-hydroxylation sites is 2. The minimum atomic E-state index is -0.229. The number of fused-ring (bicyclic) bond motifs is 5. The largest absolute Gasteiger partial charge is 0.355 e. The van der Waals surface area contributed by atoms with Gasteiger partial charge in [-0.3, -0.25) is 0 Å². The molecule has 0 spiro atoms. The van der Waals surface area contributed by atoms with E-state index in [1.54, 1.807) is 0 Å². The molecule has 59 heavy (non-hydrogen) atoms. The maximum atomic E-state index is 3.79. The van der Waals surface area contributed by atoms with E-state index in [2.05, 4.69) is 242 Å². The number of anilines is 5. The van der Waals surface area contributed by atoms with Gasteiger partial charge in [-0.25, -0.2) is 0 Å². The Balaban J connectivity index is 1.08. The Morgan fingerprint density at radius 3 is 1.76 bits per heavy atom. The van der Waals surface area contributed by atoms with Crippen molar-refractivity contribution in [2.45, 2.75) is 84.0 Å². The lowest BCUT2D eigenvalue weighted by molar-refractivity contribution is 0.590. The fourth-order valence-corrected chi connectivity index (χ4v) is 9.61. The van der Waals surface area contributed by atoms with Crippen LogP contribution in [0.3, 0.4) is 0 Å². The van der Waals surface area contributed by atoms with Crippen LogP contribution in [0, 0.1) is 0 Å². The van der Waals surface area contributed by atoms with Gasteiger partial charge in [0.25, 0.3) is 0 Å². The van der Waals surface area contributed by atoms with Crippen molar-refractivity contribution >= 4 is 40.6 Å². The van der Waals surface area contributed by atoms with Crippen LogP contribution >= 0.6 is 0 Å². The number of nitrogens with one attached hydrogen (secondary N) is 1. The van der Waals surface area contributed by atoms with E-state index in [-0.39, 0.29) is 21.7 Å². The molecule has 0 aromatic heterocycles. The van der Waals surface area contributed by atoms with Gasteiger partial charge in [0.05, 0.1) is 11.4 Å². The molecule has 1 aliphatic carbocycles. The lowest BCUT2D eigenvalue weighted by atomic mass is 9.72. The predicted molar refractivity (Wildman–Crippen MR) is 253 cm³/mol. The van der Waals surface area contributed by atoms with Crippen molar-refractivity contribution in [3.8, 4) is 11.1 Å². The maximum absolute atomic E-state index is 3.79. The second-order valence-electron chi connectivity index (χ2n) is 19.2. The quantitative estimate of drug-likeness (QED) is 0.163. The first-order chi connectivity index (χ1) is 28.1. The van der Waals surface area contributed by atoms with Crippen LogP contribution in [0.25, 0.3) is 23.3 Å². The summed E-state index contributed by atoms with van der Waals surface area (Å²) in [7, 11) is 0. The zero-order valence-electron chi connectivity index (χ0n) is 36.1. The van der Waals surface area contributed by atoms with E-state index in [4.69, 9.17) is 0 Å². The van der Waals surface area contributed by atoms with Crippen LogP contribution in [-0.4, -0.2) is 0 Å². The summed E-state index contributed by atoms with van der Waals surface area (Å²) in [5.41, 5.74) is 19.9. The highest BCUT2D eigenvalue weighted by molar-refractivity contribution is 5.92. The third kappa shape index (κ3) is 6.60. The predicted octanol–water partition coefficient (Wildman–Crippen LogP) is 15.6. The molecular formula is C57H56N2. The van der Waals surface area contributed by atoms with Gasteiger partial charge in [0.1, 0.15) is 0 Å². The summed E-state index contributed by atoms with van der Waals surface area (Å²) in [4.78, 5) is 2.47. The van der Waals surface area contributed by atoms with Crippen molar-refractivity contribution in [3.05, 3.63) is 208 Å². The average Bonchev–Trinajstić information content (AvgIpc) is 3.45. The Labute approximate surface area is 352 Å². The molecule has 0 saturated carbocycles. The summed E-state index contributed by atoms with van der Waals surface area (Å²) in [5.74, 6) is 0. The van der Waals surface area contributed by atoms with Gasteiger partial charge >= 0.3 is 0 Å². The van der Waals surface area contributed by atoms with E-state index in [0.717, 1.165) is 11.4 Å². The molecule has 2 nitrogen and oxygen atoms in total. The van der Waals surface area contributed by atoms with E-state index in [1.807, 2.05) is 0 Å². The standard InChI is InChI=1S/C57H56N2/c1-54(2,3)40-28-30-42(31-29-40)58-51-33-27-39(35-49(51)55(4,5)41-18-12-10-13-19-41)25-24-38-26-32-44-45-36-50-53(37-48(45)57(8,9)47(44)34-38)59(43-20-14-11-15-21-43)52-23-17-16-22-46(52)56(50,6)7/h10-37,58H,1-9H3/b25-24+. The van der Waals surface area contributed by atoms with Crippen molar-refractivity contribution in [2.24, 2.45) is 0 Å². The third-order valence-electron chi connectivity index (χ3n) is 13.3. The van der Waals surface area contributed by atoms with Gasteiger partial charge < -0.3 is 10.2 Å². The lowest BCUT2D eigenvalue weighted by Gasteiger charge is -2.42. The Morgan fingerprint density at radius 1 is 0.475 bits per heavy atom. The summed E-state index contributed by atoms with van der Waals surface area (Å²) < 4.78 is 0. The van der Waals surface area contributed by atoms with Crippen LogP contribution in [0.4, 0.5) is 28.4 Å². The topological polar surface area (TPSA) is 15.3 Å². The molecule has 1 heterocycles. The number of benzene rings is 7. The molecule has 1 aliphatic heterocycles. The number of rotatable bonds is 7.